The summed E-state index contributed by atoms with van der Waals surface area (Å²) >= 11 is 0. The van der Waals surface area contributed by atoms with Crippen molar-refractivity contribution in [3.8, 4) is 0 Å². The van der Waals surface area contributed by atoms with Gasteiger partial charge in [0.2, 0.25) is 0 Å². The van der Waals surface area contributed by atoms with Crippen molar-refractivity contribution in [3.63, 3.8) is 0 Å². The third kappa shape index (κ3) is 4.58. The lowest BCUT2D eigenvalue weighted by atomic mass is 9.81. The van der Waals surface area contributed by atoms with Crippen LogP contribution in [0.15, 0.2) is 35.5 Å². The zero-order chi connectivity index (χ0) is 17.9. The molecule has 24 heavy (non-hydrogen) atoms. The number of hydrogen-bond acceptors (Lipinski definition) is 4. The number of fused-ring (bicyclic) bond motifs is 1. The van der Waals surface area contributed by atoms with Gasteiger partial charge < -0.3 is 14.9 Å². The molecule has 1 aliphatic heterocycles. The van der Waals surface area contributed by atoms with E-state index in [-0.39, 0.29) is 24.4 Å². The monoisotopic (exact) mass is 334 g/mol. The lowest BCUT2D eigenvalue weighted by molar-refractivity contribution is -0.139. The van der Waals surface area contributed by atoms with Crippen molar-refractivity contribution < 1.29 is 19.7 Å². The van der Waals surface area contributed by atoms with Crippen LogP contribution in [0.5, 0.6) is 0 Å². The lowest BCUT2D eigenvalue weighted by Gasteiger charge is -2.31. The van der Waals surface area contributed by atoms with Crippen LogP contribution in [0.2, 0.25) is 0 Å². The van der Waals surface area contributed by atoms with Crippen molar-refractivity contribution in [2.75, 3.05) is 0 Å². The highest BCUT2D eigenvalue weighted by Crippen LogP contribution is 2.36. The maximum absolute atomic E-state index is 11.9. The Morgan fingerprint density at radius 1 is 1.25 bits per heavy atom. The predicted octanol–water partition coefficient (Wildman–Crippen LogP) is 3.44. The highest BCUT2D eigenvalue weighted by Gasteiger charge is 2.42. The van der Waals surface area contributed by atoms with E-state index in [1.807, 2.05) is 6.92 Å². The first kappa shape index (κ1) is 18.9. The van der Waals surface area contributed by atoms with E-state index in [0.717, 1.165) is 19.3 Å². The van der Waals surface area contributed by atoms with E-state index in [2.05, 4.69) is 25.7 Å². The number of allylic oxidation sites excluding steroid dienone is 3. The first-order valence-electron chi connectivity index (χ1n) is 8.82. The van der Waals surface area contributed by atoms with Crippen LogP contribution in [0.3, 0.4) is 0 Å². The minimum Gasteiger partial charge on any atom is -0.458 e. The van der Waals surface area contributed by atoms with Crippen LogP contribution in [0.4, 0.5) is 0 Å². The number of ether oxygens (including phenoxy) is 1. The normalized spacial score (nSPS) is 40.6. The van der Waals surface area contributed by atoms with E-state index in [1.54, 1.807) is 6.92 Å². The number of carbonyl (C=O) groups excluding carboxylic acids is 1. The van der Waals surface area contributed by atoms with Crippen LogP contribution in [0.1, 0.15) is 59.3 Å². The molecular weight excluding hydrogens is 304 g/mol. The molecule has 4 atom stereocenters. The van der Waals surface area contributed by atoms with Crippen LogP contribution in [-0.4, -0.2) is 34.0 Å². The summed E-state index contributed by atoms with van der Waals surface area (Å²) < 4.78 is 5.46. The largest absolute Gasteiger partial charge is 0.458 e. The van der Waals surface area contributed by atoms with Gasteiger partial charge in [0, 0.05) is 17.9 Å². The Morgan fingerprint density at radius 3 is 2.62 bits per heavy atom. The quantitative estimate of drug-likeness (QED) is 0.404. The first-order valence-corrected chi connectivity index (χ1v) is 8.82. The summed E-state index contributed by atoms with van der Waals surface area (Å²) in [5, 5.41) is 21.2. The molecule has 134 valence electrons. The van der Waals surface area contributed by atoms with Crippen LogP contribution < -0.4 is 0 Å². The molecule has 0 radical (unpaired) electrons. The Morgan fingerprint density at radius 2 is 1.92 bits per heavy atom. The minimum atomic E-state index is -1.19. The maximum Gasteiger partial charge on any atom is 0.334 e. The number of carbonyl (C=O) groups is 1. The van der Waals surface area contributed by atoms with Gasteiger partial charge >= 0.3 is 5.97 Å². The van der Waals surface area contributed by atoms with Gasteiger partial charge in [0.15, 0.2) is 0 Å². The summed E-state index contributed by atoms with van der Waals surface area (Å²) in [4.78, 5) is 11.9. The van der Waals surface area contributed by atoms with Gasteiger partial charge in [0.05, 0.1) is 11.7 Å². The van der Waals surface area contributed by atoms with Gasteiger partial charge in [0.1, 0.15) is 6.10 Å². The highest BCUT2D eigenvalue weighted by molar-refractivity contribution is 5.90. The molecule has 0 aromatic heterocycles. The molecule has 0 aromatic carbocycles. The maximum atomic E-state index is 11.9. The summed E-state index contributed by atoms with van der Waals surface area (Å²) in [6.07, 6.45) is 7.19. The van der Waals surface area contributed by atoms with Gasteiger partial charge in [-0.1, -0.05) is 29.9 Å². The van der Waals surface area contributed by atoms with E-state index >= 15 is 0 Å². The molecule has 0 bridgehead atoms. The van der Waals surface area contributed by atoms with Crippen LogP contribution in [0.25, 0.3) is 0 Å². The van der Waals surface area contributed by atoms with Gasteiger partial charge in [-0.25, -0.2) is 4.79 Å². The molecule has 2 N–H and O–H groups in total. The Bertz CT molecular complexity index is 556. The van der Waals surface area contributed by atoms with E-state index in [1.165, 1.54) is 11.1 Å². The zero-order valence-corrected chi connectivity index (χ0v) is 15.0. The van der Waals surface area contributed by atoms with Gasteiger partial charge in [-0.2, -0.15) is 0 Å². The van der Waals surface area contributed by atoms with Crippen molar-refractivity contribution in [1.82, 2.24) is 0 Å². The van der Waals surface area contributed by atoms with Crippen molar-refractivity contribution in [1.29, 1.82) is 0 Å². The molecule has 4 heteroatoms. The molecular formula is C20H30O4. The second-order valence-electron chi connectivity index (χ2n) is 7.57. The minimum absolute atomic E-state index is 0.248. The molecule has 0 saturated carbocycles. The zero-order valence-electron chi connectivity index (χ0n) is 15.0. The topological polar surface area (TPSA) is 66.8 Å². The molecule has 1 fully saturated rings. The number of aliphatic hydroxyl groups excluding tert-OH is 1. The van der Waals surface area contributed by atoms with Gasteiger partial charge in [-0.05, 0) is 52.9 Å². The lowest BCUT2D eigenvalue weighted by Crippen LogP contribution is -2.41. The number of hydrogen-bond donors (Lipinski definition) is 2. The van der Waals surface area contributed by atoms with Gasteiger partial charge in [0.25, 0.3) is 0 Å². The average molecular weight is 334 g/mol. The molecule has 4 unspecified atom stereocenters. The molecule has 0 aromatic rings. The van der Waals surface area contributed by atoms with E-state index < -0.39 is 11.7 Å². The number of rotatable bonds is 0. The smallest absolute Gasteiger partial charge is 0.334 e. The third-order valence-electron chi connectivity index (χ3n) is 5.31. The molecule has 2 rings (SSSR count). The molecule has 0 spiro atoms. The summed E-state index contributed by atoms with van der Waals surface area (Å²) in [5.41, 5.74) is 1.69. The van der Waals surface area contributed by atoms with Crippen LogP contribution >= 0.6 is 0 Å². The van der Waals surface area contributed by atoms with Crippen molar-refractivity contribution >= 4 is 5.97 Å². The first-order chi connectivity index (χ1) is 11.2. The second kappa shape index (κ2) is 7.66. The molecule has 1 heterocycles. The van der Waals surface area contributed by atoms with E-state index in [0.29, 0.717) is 18.4 Å². The summed E-state index contributed by atoms with van der Waals surface area (Å²) in [6.45, 7) is 9.64. The predicted molar refractivity (Wildman–Crippen MR) is 94.4 cm³/mol. The molecule has 1 saturated heterocycles. The summed E-state index contributed by atoms with van der Waals surface area (Å²) in [6, 6.07) is 0. The van der Waals surface area contributed by atoms with E-state index in [9.17, 15) is 15.0 Å². The Kier molecular flexibility index (Phi) is 6.05. The highest BCUT2D eigenvalue weighted by atomic mass is 16.6. The summed E-state index contributed by atoms with van der Waals surface area (Å²) in [7, 11) is 0. The molecule has 2 aliphatic rings. The number of aliphatic hydroxyl groups is 2. The van der Waals surface area contributed by atoms with Crippen molar-refractivity contribution in [2.45, 2.75) is 77.1 Å². The van der Waals surface area contributed by atoms with E-state index in [4.69, 9.17) is 4.74 Å². The Hall–Kier alpha value is -1.39. The fraction of sp³-hybridized carbons (Fsp3) is 0.650. The fourth-order valence-electron chi connectivity index (χ4n) is 3.47. The summed E-state index contributed by atoms with van der Waals surface area (Å²) in [5.74, 6) is -0.631. The fourth-order valence-corrected chi connectivity index (χ4v) is 3.47. The SMILES string of the molecule is C=C1C(=O)OC2C/C(C)=C/CC/C(C)=C/CCC(C)(O)C(O)CC12. The second-order valence-corrected chi connectivity index (χ2v) is 7.57. The Labute approximate surface area is 144 Å². The van der Waals surface area contributed by atoms with Crippen molar-refractivity contribution in [3.05, 3.63) is 35.5 Å². The van der Waals surface area contributed by atoms with Gasteiger partial charge in [-0.15, -0.1) is 0 Å². The Balaban J connectivity index is 2.24. The standard InChI is InChI=1S/C20H30O4/c1-13-7-5-8-14(2)11-17-16(15(3)19(22)24-17)12-18(21)20(4,23)10-6-9-13/h8-9,16-18,21,23H,3,5-7,10-12H2,1-2,4H3/b13-9+,14-8+. The molecule has 0 amide bonds. The van der Waals surface area contributed by atoms with Crippen molar-refractivity contribution in [2.24, 2.45) is 5.92 Å². The number of esters is 1. The average Bonchev–Trinajstić information content (AvgIpc) is 2.73. The van der Waals surface area contributed by atoms with Crippen LogP contribution in [-0.2, 0) is 9.53 Å². The van der Waals surface area contributed by atoms with Gasteiger partial charge in [-0.3, -0.25) is 0 Å². The molecule has 4 nitrogen and oxygen atoms in total. The third-order valence-corrected chi connectivity index (χ3v) is 5.31. The molecule has 1 aliphatic carbocycles. The van der Waals surface area contributed by atoms with Crippen LogP contribution in [0, 0.1) is 5.92 Å².